The number of carbonyl (C=O) groups is 4. The van der Waals surface area contributed by atoms with Crippen LogP contribution in [0.4, 0.5) is 0 Å². The van der Waals surface area contributed by atoms with Gasteiger partial charge in [0.15, 0.2) is 12.2 Å². The predicted molar refractivity (Wildman–Crippen MR) is 294 cm³/mol. The molecule has 0 radical (unpaired) electrons. The second kappa shape index (κ2) is 50.3. The Morgan fingerprint density at radius 3 is 0.947 bits per heavy atom. The molecule has 19 heteroatoms. The second-order valence-corrected chi connectivity index (χ2v) is 23.5. The number of hydrogen-bond donors (Lipinski definition) is 3. The molecule has 0 rings (SSSR count). The molecule has 0 aromatic carbocycles. The first-order valence-corrected chi connectivity index (χ1v) is 32.7. The first kappa shape index (κ1) is 73.1. The van der Waals surface area contributed by atoms with Gasteiger partial charge in [0.2, 0.25) is 0 Å². The molecule has 0 spiro atoms. The zero-order valence-electron chi connectivity index (χ0n) is 47.7. The predicted octanol–water partition coefficient (Wildman–Crippen LogP) is 14.7. The van der Waals surface area contributed by atoms with Crippen molar-refractivity contribution < 1.29 is 80.2 Å². The highest BCUT2D eigenvalue weighted by Gasteiger charge is 2.30. The number of aliphatic hydroxyl groups excluding tert-OH is 1. The fraction of sp³-hybridized carbons (Fsp3) is 0.929. The molecule has 444 valence electrons. The summed E-state index contributed by atoms with van der Waals surface area (Å²) in [5.41, 5.74) is 0. The fourth-order valence-electron chi connectivity index (χ4n) is 8.14. The van der Waals surface area contributed by atoms with E-state index in [2.05, 4.69) is 34.6 Å². The molecule has 0 aliphatic rings. The zero-order valence-corrected chi connectivity index (χ0v) is 49.5. The Kier molecular flexibility index (Phi) is 49.0. The van der Waals surface area contributed by atoms with Crippen LogP contribution < -0.4 is 0 Å². The molecule has 0 aliphatic heterocycles. The van der Waals surface area contributed by atoms with E-state index in [9.17, 15) is 43.2 Å². The standard InChI is InChI=1S/C56H108O17P2/c1-6-10-13-16-23-29-34-39-53(58)66-45-51(72-55(60)41-36-31-25-18-15-12-8-3)47-70-74(62,63)68-43-50(57)44-69-75(64,65)71-48-52(46-67-54(59)40-35-30-24-17-14-11-7-2)73-56(61)42-37-32-27-22-20-19-21-26-28-33-38-49(5)9-4/h49-52,57H,6-48H2,1-5H3,(H,62,63)(H,64,65)/t49?,50-,51+,52+/m0/s1. The summed E-state index contributed by atoms with van der Waals surface area (Å²) in [5, 5.41) is 10.5. The summed E-state index contributed by atoms with van der Waals surface area (Å²) in [7, 11) is -9.86. The third-order valence-electron chi connectivity index (χ3n) is 13.1. The van der Waals surface area contributed by atoms with E-state index in [-0.39, 0.29) is 25.7 Å². The van der Waals surface area contributed by atoms with Gasteiger partial charge in [-0.3, -0.25) is 37.3 Å². The van der Waals surface area contributed by atoms with Crippen LogP contribution in [-0.4, -0.2) is 96.7 Å². The van der Waals surface area contributed by atoms with Gasteiger partial charge < -0.3 is 33.8 Å². The Morgan fingerprint density at radius 2 is 0.640 bits per heavy atom. The number of phosphoric ester groups is 2. The minimum absolute atomic E-state index is 0.103. The van der Waals surface area contributed by atoms with Crippen molar-refractivity contribution in [3.05, 3.63) is 0 Å². The van der Waals surface area contributed by atoms with E-state index in [4.69, 9.17) is 37.0 Å². The number of hydrogen-bond acceptors (Lipinski definition) is 15. The number of carbonyl (C=O) groups excluding carboxylic acids is 4. The normalized spacial score (nSPS) is 14.8. The number of unbranched alkanes of at least 4 members (excludes halogenated alkanes) is 27. The van der Waals surface area contributed by atoms with E-state index in [0.717, 1.165) is 134 Å². The smallest absolute Gasteiger partial charge is 0.462 e. The molecule has 0 aromatic heterocycles. The molecule has 0 aromatic rings. The Balaban J connectivity index is 5.16. The van der Waals surface area contributed by atoms with Crippen molar-refractivity contribution in [3.8, 4) is 0 Å². The Labute approximate surface area is 454 Å². The van der Waals surface area contributed by atoms with Crippen molar-refractivity contribution in [1.82, 2.24) is 0 Å². The van der Waals surface area contributed by atoms with Crippen LogP contribution >= 0.6 is 15.6 Å². The summed E-state index contributed by atoms with van der Waals surface area (Å²) in [6, 6.07) is 0. The summed E-state index contributed by atoms with van der Waals surface area (Å²) >= 11 is 0. The summed E-state index contributed by atoms with van der Waals surface area (Å²) in [5.74, 6) is -1.35. The average Bonchev–Trinajstić information content (AvgIpc) is 3.38. The quantitative estimate of drug-likeness (QED) is 0.0222. The van der Waals surface area contributed by atoms with Crippen molar-refractivity contribution in [2.75, 3.05) is 39.6 Å². The van der Waals surface area contributed by atoms with Crippen LogP contribution in [0.3, 0.4) is 0 Å². The molecule has 0 aliphatic carbocycles. The number of aliphatic hydroxyl groups is 1. The van der Waals surface area contributed by atoms with Crippen molar-refractivity contribution in [2.24, 2.45) is 5.92 Å². The molecule has 6 atom stereocenters. The van der Waals surface area contributed by atoms with E-state index < -0.39 is 97.5 Å². The zero-order chi connectivity index (χ0) is 55.7. The monoisotopic (exact) mass is 1110 g/mol. The van der Waals surface area contributed by atoms with Crippen molar-refractivity contribution >= 4 is 39.5 Å². The van der Waals surface area contributed by atoms with Gasteiger partial charge in [0.1, 0.15) is 19.3 Å². The van der Waals surface area contributed by atoms with Gasteiger partial charge in [-0.05, 0) is 31.6 Å². The highest BCUT2D eigenvalue weighted by molar-refractivity contribution is 7.47. The Morgan fingerprint density at radius 1 is 0.373 bits per heavy atom. The minimum Gasteiger partial charge on any atom is -0.462 e. The molecule has 0 fully saturated rings. The maximum atomic E-state index is 12.9. The topological polar surface area (TPSA) is 237 Å². The third-order valence-corrected chi connectivity index (χ3v) is 15.0. The molecule has 0 saturated carbocycles. The Hall–Kier alpha value is -1.94. The number of ether oxygens (including phenoxy) is 4. The molecule has 3 unspecified atom stereocenters. The highest BCUT2D eigenvalue weighted by atomic mass is 31.2. The lowest BCUT2D eigenvalue weighted by Gasteiger charge is -2.21. The van der Waals surface area contributed by atoms with Crippen LogP contribution in [0.25, 0.3) is 0 Å². The molecule has 17 nitrogen and oxygen atoms in total. The van der Waals surface area contributed by atoms with Crippen LogP contribution in [0.5, 0.6) is 0 Å². The van der Waals surface area contributed by atoms with E-state index in [1.165, 1.54) is 57.8 Å². The summed E-state index contributed by atoms with van der Waals surface area (Å²) in [4.78, 5) is 71.5. The lowest BCUT2D eigenvalue weighted by molar-refractivity contribution is -0.161. The van der Waals surface area contributed by atoms with Gasteiger partial charge in [-0.15, -0.1) is 0 Å². The Bertz CT molecular complexity index is 1490. The van der Waals surface area contributed by atoms with Gasteiger partial charge in [0.25, 0.3) is 0 Å². The van der Waals surface area contributed by atoms with Crippen molar-refractivity contribution in [3.63, 3.8) is 0 Å². The van der Waals surface area contributed by atoms with Crippen LogP contribution in [0.15, 0.2) is 0 Å². The number of rotatable bonds is 56. The SMILES string of the molecule is CCCCCCCCCC(=O)OC[C@H](COP(=O)(O)OC[C@H](O)COP(=O)(O)OC[C@@H](COC(=O)CCCCCCCCC)OC(=O)CCCCCCCCCCCCC(C)CC)OC(=O)CCCCCCCCC. The first-order valence-electron chi connectivity index (χ1n) is 29.7. The van der Waals surface area contributed by atoms with Gasteiger partial charge in [0, 0.05) is 25.7 Å². The largest absolute Gasteiger partial charge is 0.472 e. The molecule has 0 heterocycles. The number of phosphoric acid groups is 2. The second-order valence-electron chi connectivity index (χ2n) is 20.6. The van der Waals surface area contributed by atoms with Crippen LogP contribution in [0.2, 0.25) is 0 Å². The average molecular weight is 1120 g/mol. The molecule has 3 N–H and O–H groups in total. The van der Waals surface area contributed by atoms with E-state index in [0.29, 0.717) is 25.7 Å². The summed E-state index contributed by atoms with van der Waals surface area (Å²) in [6.07, 6.45) is 31.0. The van der Waals surface area contributed by atoms with Gasteiger partial charge in [-0.2, -0.15) is 0 Å². The maximum absolute atomic E-state index is 12.9. The summed E-state index contributed by atoms with van der Waals surface area (Å²) < 4.78 is 67.4. The summed E-state index contributed by atoms with van der Waals surface area (Å²) in [6.45, 7) is 7.03. The molecule has 0 saturated heterocycles. The van der Waals surface area contributed by atoms with E-state index >= 15 is 0 Å². The van der Waals surface area contributed by atoms with Crippen LogP contribution in [0, 0.1) is 5.92 Å². The van der Waals surface area contributed by atoms with Crippen LogP contribution in [0.1, 0.15) is 272 Å². The van der Waals surface area contributed by atoms with Gasteiger partial charge in [-0.1, -0.05) is 221 Å². The lowest BCUT2D eigenvalue weighted by atomic mass is 9.99. The molecular weight excluding hydrogens is 1010 g/mol. The molecule has 75 heavy (non-hydrogen) atoms. The third kappa shape index (κ3) is 50.1. The fourth-order valence-corrected chi connectivity index (χ4v) is 9.71. The molecule has 0 amide bonds. The van der Waals surface area contributed by atoms with E-state index in [1.54, 1.807) is 0 Å². The minimum atomic E-state index is -4.93. The van der Waals surface area contributed by atoms with E-state index in [1.807, 2.05) is 0 Å². The van der Waals surface area contributed by atoms with Crippen molar-refractivity contribution in [1.29, 1.82) is 0 Å². The van der Waals surface area contributed by atoms with Gasteiger partial charge in [0.05, 0.1) is 26.4 Å². The highest BCUT2D eigenvalue weighted by Crippen LogP contribution is 2.45. The molecular formula is C56H108O17P2. The number of esters is 4. The van der Waals surface area contributed by atoms with Gasteiger partial charge >= 0.3 is 39.5 Å². The van der Waals surface area contributed by atoms with Gasteiger partial charge in [-0.25, -0.2) is 9.13 Å². The van der Waals surface area contributed by atoms with Crippen molar-refractivity contribution in [2.45, 2.75) is 291 Å². The maximum Gasteiger partial charge on any atom is 0.472 e. The van der Waals surface area contributed by atoms with Crippen LogP contribution in [-0.2, 0) is 65.4 Å². The lowest BCUT2D eigenvalue weighted by Crippen LogP contribution is -2.30. The first-order chi connectivity index (χ1) is 36.1. The molecule has 0 bridgehead atoms.